The van der Waals surface area contributed by atoms with Crippen LogP contribution in [0, 0.1) is 5.41 Å². The molecule has 5 N–H and O–H groups in total. The van der Waals surface area contributed by atoms with E-state index >= 15 is 0 Å². The predicted molar refractivity (Wildman–Crippen MR) is 173 cm³/mol. The lowest BCUT2D eigenvalue weighted by atomic mass is 9.96. The predicted octanol–water partition coefficient (Wildman–Crippen LogP) is 3.63. The standard InChI is InChI=1S/C28H39ClN7O8PS/c1-5-41-26(39)31-15-27(2,3)25(38)46-12-11-42-45(40,35-13-18-9-7-6-8-10-18)43-14-19-21(37)28(4,29)24(44-19)36-17-34-20-22(30)32-16-33-23(20)36/h6-10,16-17,19,21,24,37H,5,11-15H2,1-4H3,(H,31,39)(H,35,40)(H2,30,32,33)/t19-,21-,24-,28-,45?/m1/s1. The van der Waals surface area contributed by atoms with E-state index in [0.717, 1.165) is 17.3 Å². The van der Waals surface area contributed by atoms with Crippen LogP contribution in [0.1, 0.15) is 39.5 Å². The van der Waals surface area contributed by atoms with Gasteiger partial charge in [0.1, 0.15) is 28.9 Å². The molecule has 0 radical (unpaired) electrons. The molecule has 1 fully saturated rings. The summed E-state index contributed by atoms with van der Waals surface area (Å²) in [4.78, 5) is 35.5. The van der Waals surface area contributed by atoms with Crippen molar-refractivity contribution in [1.29, 1.82) is 0 Å². The van der Waals surface area contributed by atoms with E-state index < -0.39 is 42.6 Å². The molecule has 15 nitrogen and oxygen atoms in total. The van der Waals surface area contributed by atoms with Crippen molar-refractivity contribution in [2.75, 3.05) is 37.9 Å². The number of carbonyl (C=O) groups excluding carboxylic acids is 2. The first kappa shape index (κ1) is 36.0. The van der Waals surface area contributed by atoms with Crippen molar-refractivity contribution in [3.8, 4) is 0 Å². The molecule has 1 saturated heterocycles. The fourth-order valence-electron chi connectivity index (χ4n) is 4.51. The van der Waals surface area contributed by atoms with Crippen molar-refractivity contribution < 1.29 is 37.8 Å². The Kier molecular flexibility index (Phi) is 12.1. The molecule has 1 aromatic carbocycles. The second-order valence-electron chi connectivity index (χ2n) is 11.2. The third-order valence-corrected chi connectivity index (χ3v) is 10.3. The van der Waals surface area contributed by atoms with Crippen molar-refractivity contribution in [3.05, 3.63) is 48.5 Å². The van der Waals surface area contributed by atoms with Gasteiger partial charge in [0.2, 0.25) is 0 Å². The van der Waals surface area contributed by atoms with Gasteiger partial charge < -0.3 is 25.6 Å². The Morgan fingerprint density at radius 2 is 1.98 bits per heavy atom. The fraction of sp³-hybridized carbons (Fsp3) is 0.536. The van der Waals surface area contributed by atoms with Crippen molar-refractivity contribution in [2.45, 2.75) is 57.5 Å². The van der Waals surface area contributed by atoms with Crippen LogP contribution in [-0.4, -0.2) is 85.0 Å². The zero-order chi connectivity index (χ0) is 33.5. The SMILES string of the molecule is CCOC(=O)NCC(C)(C)C(=O)SCCOP(=O)(NCc1ccccc1)OC[C@H]1O[C@@H](n2cnc3c(N)ncnc32)[C@](C)(Cl)[C@@H]1O. The molecular weight excluding hydrogens is 661 g/mol. The highest BCUT2D eigenvalue weighted by molar-refractivity contribution is 8.13. The van der Waals surface area contributed by atoms with Gasteiger partial charge in [-0.1, -0.05) is 55.9 Å². The normalized spacial score (nSPS) is 22.9. The summed E-state index contributed by atoms with van der Waals surface area (Å²) in [5.41, 5.74) is 6.57. The number of amides is 1. The van der Waals surface area contributed by atoms with Crippen LogP contribution in [0.5, 0.6) is 0 Å². The summed E-state index contributed by atoms with van der Waals surface area (Å²) in [5.74, 6) is 0.336. The number of benzene rings is 1. The maximum atomic E-state index is 13.9. The highest BCUT2D eigenvalue weighted by Crippen LogP contribution is 2.48. The number of thioether (sulfide) groups is 1. The van der Waals surface area contributed by atoms with Crippen molar-refractivity contribution in [2.24, 2.45) is 5.41 Å². The van der Waals surface area contributed by atoms with Gasteiger partial charge in [-0.2, -0.15) is 0 Å². The van der Waals surface area contributed by atoms with Gasteiger partial charge in [0, 0.05) is 18.8 Å². The van der Waals surface area contributed by atoms with Gasteiger partial charge in [-0.3, -0.25) is 18.4 Å². The second-order valence-corrected chi connectivity index (χ2v) is 15.0. The van der Waals surface area contributed by atoms with Crippen molar-refractivity contribution >= 4 is 59.3 Å². The average molecular weight is 700 g/mol. The lowest BCUT2D eigenvalue weighted by Gasteiger charge is -2.26. The Balaban J connectivity index is 1.39. The first-order valence-electron chi connectivity index (χ1n) is 14.5. The number of carbonyl (C=O) groups is 2. The van der Waals surface area contributed by atoms with Crippen molar-refractivity contribution in [3.63, 3.8) is 0 Å². The molecule has 4 rings (SSSR count). The van der Waals surface area contributed by atoms with Crippen LogP contribution in [-0.2, 0) is 34.4 Å². The molecule has 18 heteroatoms. The van der Waals surface area contributed by atoms with E-state index in [1.165, 1.54) is 12.7 Å². The number of imidazole rings is 1. The Bertz CT molecular complexity index is 1550. The number of hydrogen-bond donors (Lipinski definition) is 4. The number of alkyl halides is 1. The molecular formula is C28H39ClN7O8PS. The Morgan fingerprint density at radius 1 is 1.24 bits per heavy atom. The summed E-state index contributed by atoms with van der Waals surface area (Å²) in [5, 5.41) is 16.3. The first-order valence-corrected chi connectivity index (χ1v) is 17.4. The number of aliphatic hydroxyl groups excluding tert-OH is 1. The summed E-state index contributed by atoms with van der Waals surface area (Å²) in [6.07, 6.45) is -1.07. The minimum Gasteiger partial charge on any atom is -0.450 e. The quantitative estimate of drug-likeness (QED) is 0.102. The monoisotopic (exact) mass is 699 g/mol. The lowest BCUT2D eigenvalue weighted by Crippen LogP contribution is -2.40. The number of fused-ring (bicyclic) bond motifs is 1. The number of aromatic nitrogens is 4. The number of aliphatic hydroxyl groups is 1. The van der Waals surface area contributed by atoms with Crippen LogP contribution < -0.4 is 16.1 Å². The summed E-state index contributed by atoms with van der Waals surface area (Å²) >= 11 is 7.77. The Hall–Kier alpha value is -2.82. The highest BCUT2D eigenvalue weighted by atomic mass is 35.5. The summed E-state index contributed by atoms with van der Waals surface area (Å²) in [6, 6.07) is 9.23. The van der Waals surface area contributed by atoms with E-state index in [-0.39, 0.29) is 49.6 Å². The minimum absolute atomic E-state index is 0.0815. The number of anilines is 1. The molecule has 46 heavy (non-hydrogen) atoms. The molecule has 0 bridgehead atoms. The number of rotatable bonds is 15. The summed E-state index contributed by atoms with van der Waals surface area (Å²) in [6.45, 7) is 6.69. The maximum absolute atomic E-state index is 13.9. The molecule has 1 aliphatic heterocycles. The van der Waals surface area contributed by atoms with E-state index in [4.69, 9.17) is 35.9 Å². The molecule has 5 atom stereocenters. The van der Waals surface area contributed by atoms with Crippen molar-refractivity contribution in [1.82, 2.24) is 29.9 Å². The van der Waals surface area contributed by atoms with Crippen LogP contribution in [0.3, 0.4) is 0 Å². The smallest absolute Gasteiger partial charge is 0.407 e. The summed E-state index contributed by atoms with van der Waals surface area (Å²) in [7, 11) is -4.00. The molecule has 0 spiro atoms. The van der Waals surface area contributed by atoms with Crippen LogP contribution in [0.25, 0.3) is 11.2 Å². The number of alkyl carbamates (subject to hydrolysis) is 1. The molecule has 3 aromatic rings. The number of nitrogens with two attached hydrogens (primary N) is 1. The molecule has 1 amide bonds. The minimum atomic E-state index is -4.00. The number of nitrogens with zero attached hydrogens (tertiary/aromatic N) is 4. The molecule has 3 heterocycles. The average Bonchev–Trinajstić information content (AvgIpc) is 3.55. The largest absolute Gasteiger partial charge is 0.450 e. The van der Waals surface area contributed by atoms with Gasteiger partial charge in [0.15, 0.2) is 22.8 Å². The zero-order valence-electron chi connectivity index (χ0n) is 25.9. The third-order valence-electron chi connectivity index (χ3n) is 7.17. The maximum Gasteiger partial charge on any atom is 0.407 e. The number of ether oxygens (including phenoxy) is 2. The third kappa shape index (κ3) is 8.75. The molecule has 1 aliphatic rings. The Labute approximate surface area is 275 Å². The molecule has 1 unspecified atom stereocenters. The van der Waals surface area contributed by atoms with Crippen LogP contribution in [0.15, 0.2) is 43.0 Å². The molecule has 252 valence electrons. The van der Waals surface area contributed by atoms with Gasteiger partial charge >= 0.3 is 13.8 Å². The van der Waals surface area contributed by atoms with E-state index in [0.29, 0.717) is 11.2 Å². The van der Waals surface area contributed by atoms with E-state index in [9.17, 15) is 19.3 Å². The summed E-state index contributed by atoms with van der Waals surface area (Å²) < 4.78 is 37.9. The van der Waals surface area contributed by atoms with Gasteiger partial charge in [-0.15, -0.1) is 11.6 Å². The number of halogens is 1. The van der Waals surface area contributed by atoms with Crippen LogP contribution in [0.2, 0.25) is 0 Å². The number of nitrogen functional groups attached to an aromatic ring is 1. The lowest BCUT2D eigenvalue weighted by molar-refractivity contribution is -0.117. The van der Waals surface area contributed by atoms with E-state index in [2.05, 4.69) is 25.4 Å². The van der Waals surface area contributed by atoms with Gasteiger partial charge in [-0.05, 0) is 19.4 Å². The molecule has 0 saturated carbocycles. The number of nitrogens with one attached hydrogen (secondary N) is 2. The Morgan fingerprint density at radius 3 is 2.70 bits per heavy atom. The molecule has 0 aliphatic carbocycles. The van der Waals surface area contributed by atoms with Gasteiger partial charge in [-0.25, -0.2) is 29.4 Å². The number of hydrogen-bond acceptors (Lipinski definition) is 13. The van der Waals surface area contributed by atoms with E-state index in [1.807, 2.05) is 30.3 Å². The van der Waals surface area contributed by atoms with E-state index in [1.54, 1.807) is 32.3 Å². The van der Waals surface area contributed by atoms with Gasteiger partial charge in [0.05, 0.1) is 31.6 Å². The van der Waals surface area contributed by atoms with Crippen LogP contribution >= 0.6 is 31.1 Å². The zero-order valence-corrected chi connectivity index (χ0v) is 28.4. The second kappa shape index (κ2) is 15.4. The topological polar surface area (TPSA) is 202 Å². The fourth-order valence-corrected chi connectivity index (χ4v) is 7.05. The van der Waals surface area contributed by atoms with Crippen LogP contribution in [0.4, 0.5) is 10.6 Å². The van der Waals surface area contributed by atoms with Gasteiger partial charge in [0.25, 0.3) is 0 Å². The first-order chi connectivity index (χ1) is 21.8. The molecule has 2 aromatic heterocycles. The highest BCUT2D eigenvalue weighted by Gasteiger charge is 2.54.